The Morgan fingerprint density at radius 2 is 1.71 bits per heavy atom. The summed E-state index contributed by atoms with van der Waals surface area (Å²) in [4.78, 5) is 4.49. The first kappa shape index (κ1) is 14.3. The highest BCUT2D eigenvalue weighted by atomic mass is 16.7. The summed E-state index contributed by atoms with van der Waals surface area (Å²) in [6.45, 7) is 8.18. The van der Waals surface area contributed by atoms with Crippen molar-refractivity contribution >= 4 is 12.6 Å². The van der Waals surface area contributed by atoms with E-state index in [1.807, 2.05) is 59.3 Å². The second kappa shape index (κ2) is 4.68. The van der Waals surface area contributed by atoms with Crippen LogP contribution in [0.3, 0.4) is 0 Å². The molecule has 2 aromatic rings. The molecule has 0 aliphatic carbocycles. The minimum absolute atomic E-state index is 0.334. The summed E-state index contributed by atoms with van der Waals surface area (Å²) in [6.07, 6.45) is 5.55. The average molecular weight is 285 g/mol. The number of nitrogens with zero attached hydrogens (tertiary/aromatic N) is 3. The lowest BCUT2D eigenvalue weighted by atomic mass is 9.80. The zero-order valence-electron chi connectivity index (χ0n) is 13.1. The summed E-state index contributed by atoms with van der Waals surface area (Å²) in [5.74, 6) is 0. The van der Waals surface area contributed by atoms with E-state index < -0.39 is 0 Å². The maximum Gasteiger partial charge on any atom is 0.496 e. The summed E-state index contributed by atoms with van der Waals surface area (Å²) < 4.78 is 13.8. The summed E-state index contributed by atoms with van der Waals surface area (Å²) in [5, 5.41) is 4.16. The van der Waals surface area contributed by atoms with Gasteiger partial charge in [0.1, 0.15) is 0 Å². The van der Waals surface area contributed by atoms with Crippen LogP contribution < -0.4 is 5.46 Å². The Balaban J connectivity index is 1.83. The molecule has 0 N–H and O–H groups in total. The third-order valence-corrected chi connectivity index (χ3v) is 4.31. The van der Waals surface area contributed by atoms with E-state index in [-0.39, 0.29) is 18.3 Å². The average Bonchev–Trinajstić information content (AvgIpc) is 2.92. The van der Waals surface area contributed by atoms with Gasteiger partial charge >= 0.3 is 7.12 Å². The van der Waals surface area contributed by atoms with Crippen molar-refractivity contribution in [2.75, 3.05) is 0 Å². The van der Waals surface area contributed by atoms with Gasteiger partial charge in [-0.2, -0.15) is 5.10 Å². The molecule has 1 aliphatic rings. The lowest BCUT2D eigenvalue weighted by Gasteiger charge is -2.32. The maximum atomic E-state index is 6.02. The molecule has 0 saturated carbocycles. The van der Waals surface area contributed by atoms with E-state index in [2.05, 4.69) is 10.1 Å². The Morgan fingerprint density at radius 1 is 1.05 bits per heavy atom. The second-order valence-corrected chi connectivity index (χ2v) is 6.47. The van der Waals surface area contributed by atoms with E-state index >= 15 is 0 Å². The second-order valence-electron chi connectivity index (χ2n) is 6.47. The normalized spacial score (nSPS) is 20.0. The Hall–Kier alpha value is -1.66. The molecule has 6 heteroatoms. The van der Waals surface area contributed by atoms with Crippen LogP contribution in [0.4, 0.5) is 0 Å². The van der Waals surface area contributed by atoms with Crippen molar-refractivity contribution in [3.8, 4) is 11.3 Å². The van der Waals surface area contributed by atoms with Crippen LogP contribution in [-0.2, 0) is 16.4 Å². The first-order valence-corrected chi connectivity index (χ1v) is 7.09. The van der Waals surface area contributed by atoms with Gasteiger partial charge < -0.3 is 9.31 Å². The highest BCUT2D eigenvalue weighted by Gasteiger charge is 2.51. The van der Waals surface area contributed by atoms with Gasteiger partial charge in [0.05, 0.1) is 23.1 Å². The molecule has 0 bridgehead atoms. The predicted octanol–water partition coefficient (Wildman–Crippen LogP) is 1.78. The Morgan fingerprint density at radius 3 is 2.19 bits per heavy atom. The van der Waals surface area contributed by atoms with E-state index in [4.69, 9.17) is 9.31 Å². The summed E-state index contributed by atoms with van der Waals surface area (Å²) in [6, 6.07) is 3.97. The Kier molecular flexibility index (Phi) is 3.18. The molecule has 0 aromatic carbocycles. The van der Waals surface area contributed by atoms with E-state index in [1.165, 1.54) is 0 Å². The smallest absolute Gasteiger partial charge is 0.399 e. The molecule has 110 valence electrons. The van der Waals surface area contributed by atoms with Crippen LogP contribution in [0.25, 0.3) is 11.3 Å². The molecule has 1 aliphatic heterocycles. The number of pyridine rings is 1. The molecule has 0 radical (unpaired) electrons. The fraction of sp³-hybridized carbons (Fsp3) is 0.467. The van der Waals surface area contributed by atoms with Crippen molar-refractivity contribution in [3.63, 3.8) is 0 Å². The quantitative estimate of drug-likeness (QED) is 0.789. The molecular weight excluding hydrogens is 265 g/mol. The van der Waals surface area contributed by atoms with Gasteiger partial charge in [-0.05, 0) is 33.8 Å². The van der Waals surface area contributed by atoms with Gasteiger partial charge in [0.15, 0.2) is 0 Å². The van der Waals surface area contributed by atoms with E-state index in [0.717, 1.165) is 16.7 Å². The molecule has 0 atom stereocenters. The van der Waals surface area contributed by atoms with Crippen LogP contribution >= 0.6 is 0 Å². The van der Waals surface area contributed by atoms with Crippen molar-refractivity contribution in [1.29, 1.82) is 0 Å². The molecule has 5 nitrogen and oxygen atoms in total. The van der Waals surface area contributed by atoms with Crippen LogP contribution in [0.1, 0.15) is 27.7 Å². The molecule has 1 fully saturated rings. The van der Waals surface area contributed by atoms with Gasteiger partial charge in [-0.15, -0.1) is 0 Å². The molecule has 0 unspecified atom stereocenters. The van der Waals surface area contributed by atoms with Gasteiger partial charge in [-0.1, -0.05) is 6.07 Å². The van der Waals surface area contributed by atoms with Crippen molar-refractivity contribution in [2.45, 2.75) is 38.9 Å². The topological polar surface area (TPSA) is 49.2 Å². The number of rotatable bonds is 2. The molecule has 2 aromatic heterocycles. The molecule has 0 spiro atoms. The Bertz CT molecular complexity index is 633. The van der Waals surface area contributed by atoms with Crippen molar-refractivity contribution in [3.05, 3.63) is 30.7 Å². The van der Waals surface area contributed by atoms with Crippen LogP contribution in [0.5, 0.6) is 0 Å². The van der Waals surface area contributed by atoms with Gasteiger partial charge in [0.2, 0.25) is 0 Å². The third kappa shape index (κ3) is 2.49. The highest BCUT2D eigenvalue weighted by Crippen LogP contribution is 2.36. The summed E-state index contributed by atoms with van der Waals surface area (Å²) >= 11 is 0. The van der Waals surface area contributed by atoms with Gasteiger partial charge in [-0.3, -0.25) is 9.67 Å². The van der Waals surface area contributed by atoms with Crippen LogP contribution in [-0.4, -0.2) is 33.1 Å². The monoisotopic (exact) mass is 285 g/mol. The third-order valence-electron chi connectivity index (χ3n) is 4.31. The predicted molar refractivity (Wildman–Crippen MR) is 82.2 cm³/mol. The maximum absolute atomic E-state index is 6.02. The Labute approximate surface area is 125 Å². The molecule has 3 rings (SSSR count). The fourth-order valence-electron chi connectivity index (χ4n) is 2.25. The zero-order chi connectivity index (χ0) is 15.3. The summed E-state index contributed by atoms with van der Waals surface area (Å²) in [5.41, 5.74) is 2.15. The number of aryl methyl sites for hydroxylation is 1. The summed E-state index contributed by atoms with van der Waals surface area (Å²) in [7, 11) is 1.52. The number of aromatic nitrogens is 3. The fourth-order valence-corrected chi connectivity index (χ4v) is 2.25. The lowest BCUT2D eigenvalue weighted by molar-refractivity contribution is 0.00578. The lowest BCUT2D eigenvalue weighted by Crippen LogP contribution is -2.41. The van der Waals surface area contributed by atoms with Crippen molar-refractivity contribution in [2.24, 2.45) is 7.05 Å². The van der Waals surface area contributed by atoms with Crippen molar-refractivity contribution in [1.82, 2.24) is 14.8 Å². The standard InChI is InChI=1S/C15H20BN3O2/c1-14(2)15(3,4)21-16(20-14)12-6-7-13(17-9-12)11-8-18-19(5)10-11/h6-10H,1-5H3. The molecule has 21 heavy (non-hydrogen) atoms. The first-order chi connectivity index (χ1) is 9.78. The molecular formula is C15H20BN3O2. The first-order valence-electron chi connectivity index (χ1n) is 7.09. The van der Waals surface area contributed by atoms with E-state index in [1.54, 1.807) is 10.9 Å². The number of hydrogen-bond acceptors (Lipinski definition) is 4. The molecule has 1 saturated heterocycles. The minimum Gasteiger partial charge on any atom is -0.399 e. The SMILES string of the molecule is Cn1cc(-c2ccc(B3OC(C)(C)C(C)(C)O3)cn2)cn1. The van der Waals surface area contributed by atoms with E-state index in [9.17, 15) is 0 Å². The zero-order valence-corrected chi connectivity index (χ0v) is 13.1. The minimum atomic E-state index is -0.370. The van der Waals surface area contributed by atoms with Gasteiger partial charge in [-0.25, -0.2) is 0 Å². The molecule has 0 amide bonds. The van der Waals surface area contributed by atoms with Gasteiger partial charge in [0.25, 0.3) is 0 Å². The van der Waals surface area contributed by atoms with Crippen molar-refractivity contribution < 1.29 is 9.31 Å². The van der Waals surface area contributed by atoms with Crippen LogP contribution in [0, 0.1) is 0 Å². The van der Waals surface area contributed by atoms with Gasteiger partial charge in [0, 0.05) is 30.5 Å². The van der Waals surface area contributed by atoms with Crippen LogP contribution in [0.2, 0.25) is 0 Å². The van der Waals surface area contributed by atoms with Crippen LogP contribution in [0.15, 0.2) is 30.7 Å². The highest BCUT2D eigenvalue weighted by molar-refractivity contribution is 6.62. The van der Waals surface area contributed by atoms with E-state index in [0.29, 0.717) is 0 Å². The largest absolute Gasteiger partial charge is 0.496 e. The number of hydrogen-bond donors (Lipinski definition) is 0. The molecule has 3 heterocycles.